The van der Waals surface area contributed by atoms with Crippen LogP contribution in [0.15, 0.2) is 29.3 Å². The minimum atomic E-state index is -0.130. The number of benzene rings is 1. The Labute approximate surface area is 100 Å². The molecule has 1 fully saturated rings. The van der Waals surface area contributed by atoms with Crippen LogP contribution in [0.2, 0.25) is 0 Å². The zero-order chi connectivity index (χ0) is 11.4. The van der Waals surface area contributed by atoms with Crippen molar-refractivity contribution in [2.24, 2.45) is 4.99 Å². The summed E-state index contributed by atoms with van der Waals surface area (Å²) in [6, 6.07) is 7.92. The smallest absolute Gasteiger partial charge is 0.0741 e. The molecular weight excluding hydrogens is 220 g/mol. The Kier molecular flexibility index (Phi) is 3.67. The Bertz CT molecular complexity index is 390. The predicted octanol–water partition coefficient (Wildman–Crippen LogP) is 2.38. The normalized spacial score (nSPS) is 16.9. The summed E-state index contributed by atoms with van der Waals surface area (Å²) in [7, 11) is 0. The predicted molar refractivity (Wildman–Crippen MR) is 68.6 cm³/mol. The van der Waals surface area contributed by atoms with Gasteiger partial charge in [0.2, 0.25) is 0 Å². The number of rotatable bonds is 2. The van der Waals surface area contributed by atoms with E-state index in [4.69, 9.17) is 0 Å². The van der Waals surface area contributed by atoms with Crippen molar-refractivity contribution in [3.05, 3.63) is 24.3 Å². The summed E-state index contributed by atoms with van der Waals surface area (Å²) >= 11 is 4.55. The summed E-state index contributed by atoms with van der Waals surface area (Å²) < 4.78 is 0. The third kappa shape index (κ3) is 2.67. The van der Waals surface area contributed by atoms with Crippen LogP contribution in [0.5, 0.6) is 0 Å². The Morgan fingerprint density at radius 2 is 1.88 bits per heavy atom. The van der Waals surface area contributed by atoms with Crippen LogP contribution in [0, 0.1) is 0 Å². The van der Waals surface area contributed by atoms with Gasteiger partial charge in [-0.3, -0.25) is 0 Å². The molecule has 0 atom stereocenters. The molecule has 1 aromatic rings. The van der Waals surface area contributed by atoms with Gasteiger partial charge in [-0.15, -0.1) is 0 Å². The maximum Gasteiger partial charge on any atom is 0.0741 e. The van der Waals surface area contributed by atoms with Crippen LogP contribution in [0.3, 0.4) is 0 Å². The second-order valence-corrected chi connectivity index (χ2v) is 4.12. The van der Waals surface area contributed by atoms with Crippen LogP contribution in [-0.2, 0) is 0 Å². The minimum Gasteiger partial charge on any atom is -0.393 e. The summed E-state index contributed by atoms with van der Waals surface area (Å²) in [5.74, 6) is 0. The van der Waals surface area contributed by atoms with Gasteiger partial charge in [-0.2, -0.15) is 4.99 Å². The molecule has 0 aliphatic carbocycles. The summed E-state index contributed by atoms with van der Waals surface area (Å²) in [5.41, 5.74) is 2.01. The Balaban J connectivity index is 2.07. The lowest BCUT2D eigenvalue weighted by atomic mass is 10.1. The summed E-state index contributed by atoms with van der Waals surface area (Å²) in [6.07, 6.45) is 1.56. The molecule has 3 nitrogen and oxygen atoms in total. The zero-order valence-corrected chi connectivity index (χ0v) is 9.78. The van der Waals surface area contributed by atoms with Gasteiger partial charge in [0.15, 0.2) is 0 Å². The number of anilines is 1. The van der Waals surface area contributed by atoms with Crippen molar-refractivity contribution >= 4 is 28.8 Å². The maximum atomic E-state index is 9.43. The molecule has 1 heterocycles. The standard InChI is InChI=1S/C12H14N2OS/c15-12-5-7-14(8-6-12)11-3-1-10(2-4-11)13-9-16/h1-4,12,15H,5-8H2. The van der Waals surface area contributed by atoms with E-state index in [2.05, 4.69) is 27.3 Å². The SMILES string of the molecule is OC1CCN(c2ccc(N=C=S)cc2)CC1. The van der Waals surface area contributed by atoms with Crippen LogP contribution in [-0.4, -0.2) is 29.5 Å². The molecule has 16 heavy (non-hydrogen) atoms. The number of isothiocyanates is 1. The highest BCUT2D eigenvalue weighted by molar-refractivity contribution is 7.78. The fourth-order valence-electron chi connectivity index (χ4n) is 1.91. The van der Waals surface area contributed by atoms with Crippen molar-refractivity contribution < 1.29 is 5.11 Å². The molecule has 2 rings (SSSR count). The molecule has 0 aromatic heterocycles. The Morgan fingerprint density at radius 3 is 2.44 bits per heavy atom. The van der Waals surface area contributed by atoms with E-state index in [0.29, 0.717) is 0 Å². The first kappa shape index (κ1) is 11.3. The van der Waals surface area contributed by atoms with Gasteiger partial charge in [0.1, 0.15) is 0 Å². The lowest BCUT2D eigenvalue weighted by molar-refractivity contribution is 0.145. The van der Waals surface area contributed by atoms with Crippen molar-refractivity contribution in [3.8, 4) is 0 Å². The van der Waals surface area contributed by atoms with Crippen LogP contribution in [0.25, 0.3) is 0 Å². The molecule has 1 saturated heterocycles. The van der Waals surface area contributed by atoms with Gasteiger partial charge in [0, 0.05) is 18.8 Å². The maximum absolute atomic E-state index is 9.43. The largest absolute Gasteiger partial charge is 0.393 e. The van der Waals surface area contributed by atoms with Crippen LogP contribution in [0.4, 0.5) is 11.4 Å². The second kappa shape index (κ2) is 5.21. The van der Waals surface area contributed by atoms with E-state index in [1.165, 1.54) is 5.69 Å². The first-order valence-electron chi connectivity index (χ1n) is 5.40. The van der Waals surface area contributed by atoms with Crippen LogP contribution >= 0.6 is 12.2 Å². The molecule has 0 unspecified atom stereocenters. The molecule has 0 bridgehead atoms. The quantitative estimate of drug-likeness (QED) is 0.630. The van der Waals surface area contributed by atoms with Crippen molar-refractivity contribution in [3.63, 3.8) is 0 Å². The van der Waals surface area contributed by atoms with Gasteiger partial charge in [-0.05, 0) is 49.3 Å². The molecule has 0 spiro atoms. The van der Waals surface area contributed by atoms with E-state index in [0.717, 1.165) is 31.6 Å². The van der Waals surface area contributed by atoms with Gasteiger partial charge in [-0.25, -0.2) is 0 Å². The molecule has 1 aliphatic rings. The summed E-state index contributed by atoms with van der Waals surface area (Å²) in [4.78, 5) is 6.19. The van der Waals surface area contributed by atoms with Crippen molar-refractivity contribution in [2.45, 2.75) is 18.9 Å². The number of piperidine rings is 1. The lowest BCUT2D eigenvalue weighted by Gasteiger charge is -2.31. The first-order chi connectivity index (χ1) is 7.79. The third-order valence-corrected chi connectivity index (χ3v) is 2.95. The highest BCUT2D eigenvalue weighted by atomic mass is 32.1. The fourth-order valence-corrected chi connectivity index (χ4v) is 2.02. The summed E-state index contributed by atoms with van der Waals surface area (Å²) in [5, 5.41) is 11.8. The highest BCUT2D eigenvalue weighted by Crippen LogP contribution is 2.22. The van der Waals surface area contributed by atoms with E-state index < -0.39 is 0 Å². The van der Waals surface area contributed by atoms with E-state index in [1.54, 1.807) is 0 Å². The van der Waals surface area contributed by atoms with Crippen molar-refractivity contribution in [1.29, 1.82) is 0 Å². The lowest BCUT2D eigenvalue weighted by Crippen LogP contribution is -2.35. The van der Waals surface area contributed by atoms with Gasteiger partial charge < -0.3 is 10.0 Å². The second-order valence-electron chi connectivity index (χ2n) is 3.94. The van der Waals surface area contributed by atoms with Crippen LogP contribution in [0.1, 0.15) is 12.8 Å². The summed E-state index contributed by atoms with van der Waals surface area (Å²) in [6.45, 7) is 1.83. The number of aliphatic hydroxyl groups is 1. The molecule has 0 radical (unpaired) electrons. The molecule has 4 heteroatoms. The van der Waals surface area contributed by atoms with E-state index in [9.17, 15) is 5.11 Å². The van der Waals surface area contributed by atoms with Crippen molar-refractivity contribution in [2.75, 3.05) is 18.0 Å². The molecule has 84 valence electrons. The number of hydrogen-bond donors (Lipinski definition) is 1. The van der Waals surface area contributed by atoms with E-state index in [1.807, 2.05) is 24.3 Å². The Hall–Kier alpha value is -1.22. The topological polar surface area (TPSA) is 35.8 Å². The van der Waals surface area contributed by atoms with E-state index >= 15 is 0 Å². The highest BCUT2D eigenvalue weighted by Gasteiger charge is 2.16. The van der Waals surface area contributed by atoms with E-state index in [-0.39, 0.29) is 6.10 Å². The van der Waals surface area contributed by atoms with Crippen LogP contribution < -0.4 is 4.90 Å². The molecule has 1 aromatic carbocycles. The minimum absolute atomic E-state index is 0.130. The van der Waals surface area contributed by atoms with Gasteiger partial charge in [0.25, 0.3) is 0 Å². The zero-order valence-electron chi connectivity index (χ0n) is 8.97. The third-order valence-electron chi connectivity index (χ3n) is 2.85. The number of nitrogens with zero attached hydrogens (tertiary/aromatic N) is 2. The number of hydrogen-bond acceptors (Lipinski definition) is 4. The first-order valence-corrected chi connectivity index (χ1v) is 5.81. The molecule has 1 aliphatic heterocycles. The number of thiocarbonyl (C=S) groups is 1. The number of aliphatic hydroxyl groups excluding tert-OH is 1. The molecule has 1 N–H and O–H groups in total. The average molecular weight is 234 g/mol. The Morgan fingerprint density at radius 1 is 1.25 bits per heavy atom. The van der Waals surface area contributed by atoms with Gasteiger partial charge in [0.05, 0.1) is 17.0 Å². The van der Waals surface area contributed by atoms with Gasteiger partial charge >= 0.3 is 0 Å². The molecular formula is C12H14N2OS. The average Bonchev–Trinajstić information content (AvgIpc) is 2.32. The fraction of sp³-hybridized carbons (Fsp3) is 0.417. The number of aliphatic imine (C=N–C) groups is 1. The monoisotopic (exact) mass is 234 g/mol. The molecule has 0 amide bonds. The van der Waals surface area contributed by atoms with Crippen molar-refractivity contribution in [1.82, 2.24) is 0 Å². The van der Waals surface area contributed by atoms with Gasteiger partial charge in [-0.1, -0.05) is 0 Å². The molecule has 0 saturated carbocycles.